The number of amides is 1. The van der Waals surface area contributed by atoms with Crippen molar-refractivity contribution in [1.82, 2.24) is 0 Å². The molecule has 0 aliphatic carbocycles. The lowest BCUT2D eigenvalue weighted by molar-refractivity contribution is 0.102. The summed E-state index contributed by atoms with van der Waals surface area (Å²) in [6, 6.07) is 11.9. The van der Waals surface area contributed by atoms with Gasteiger partial charge in [0.15, 0.2) is 0 Å². The van der Waals surface area contributed by atoms with Crippen LogP contribution < -0.4 is 5.32 Å². The minimum absolute atomic E-state index is 0.0102. The third-order valence-corrected chi connectivity index (χ3v) is 5.11. The van der Waals surface area contributed by atoms with Gasteiger partial charge in [-0.05, 0) is 64.1 Å². The highest BCUT2D eigenvalue weighted by Crippen LogP contribution is 2.40. The number of hydrogen-bond acceptors (Lipinski definition) is 1. The zero-order chi connectivity index (χ0) is 20.3. The van der Waals surface area contributed by atoms with Gasteiger partial charge in [-0.2, -0.15) is 0 Å². The Hall–Kier alpha value is -2.09. The van der Waals surface area contributed by atoms with Gasteiger partial charge < -0.3 is 5.32 Å². The first-order chi connectivity index (χ1) is 12.6. The van der Waals surface area contributed by atoms with Crippen LogP contribution in [0.3, 0.4) is 0 Å². The van der Waals surface area contributed by atoms with Crippen LogP contribution in [-0.2, 0) is 0 Å². The molecule has 1 N–H and O–H groups in total. The molecule has 0 aliphatic rings. The van der Waals surface area contributed by atoms with Gasteiger partial charge in [-0.25, -0.2) is 0 Å². The average Bonchev–Trinajstić information content (AvgIpc) is 2.60. The van der Waals surface area contributed by atoms with Crippen molar-refractivity contribution in [3.63, 3.8) is 0 Å². The molecule has 0 radical (unpaired) electrons. The van der Waals surface area contributed by atoms with Crippen LogP contribution in [0.1, 0.15) is 112 Å². The maximum atomic E-state index is 13.3. The molecule has 0 aromatic heterocycles. The van der Waals surface area contributed by atoms with E-state index in [0.717, 1.165) is 11.3 Å². The molecule has 2 aromatic carbocycles. The van der Waals surface area contributed by atoms with Gasteiger partial charge in [-0.1, -0.05) is 73.6 Å². The van der Waals surface area contributed by atoms with E-state index in [-0.39, 0.29) is 11.8 Å². The van der Waals surface area contributed by atoms with Crippen molar-refractivity contribution in [1.29, 1.82) is 0 Å². The summed E-state index contributed by atoms with van der Waals surface area (Å²) >= 11 is 0. The van der Waals surface area contributed by atoms with E-state index in [9.17, 15) is 4.79 Å². The van der Waals surface area contributed by atoms with Crippen molar-refractivity contribution in [2.75, 3.05) is 5.32 Å². The van der Waals surface area contributed by atoms with Crippen LogP contribution in [0.25, 0.3) is 0 Å². The van der Waals surface area contributed by atoms with Crippen LogP contribution in [0.15, 0.2) is 36.4 Å². The summed E-state index contributed by atoms with van der Waals surface area (Å²) in [7, 11) is 0. The molecule has 0 saturated heterocycles. The van der Waals surface area contributed by atoms with Crippen LogP contribution in [0, 0.1) is 0 Å². The highest BCUT2D eigenvalue weighted by molar-refractivity contribution is 6.06. The number of hydrogen-bond donors (Lipinski definition) is 1. The van der Waals surface area contributed by atoms with Gasteiger partial charge in [0.25, 0.3) is 5.91 Å². The average molecular weight is 366 g/mol. The SMILES string of the molecule is CC(C)c1cc(C(=O)Nc2ccccc2)c(C(C)C)c(C(C)C)c1C(C)C. The lowest BCUT2D eigenvalue weighted by Crippen LogP contribution is -2.20. The van der Waals surface area contributed by atoms with E-state index in [4.69, 9.17) is 0 Å². The molecule has 2 aromatic rings. The topological polar surface area (TPSA) is 29.1 Å². The van der Waals surface area contributed by atoms with Crippen LogP contribution in [0.2, 0.25) is 0 Å². The van der Waals surface area contributed by atoms with Crippen LogP contribution in [0.5, 0.6) is 0 Å². The largest absolute Gasteiger partial charge is 0.322 e. The summed E-state index contributed by atoms with van der Waals surface area (Å²) in [5.74, 6) is 1.47. The number of anilines is 1. The summed E-state index contributed by atoms with van der Waals surface area (Å²) in [5.41, 5.74) is 6.96. The van der Waals surface area contributed by atoms with Gasteiger partial charge in [-0.15, -0.1) is 0 Å². The highest BCUT2D eigenvalue weighted by Gasteiger charge is 2.27. The first-order valence-electron chi connectivity index (χ1n) is 10.2. The normalized spacial score (nSPS) is 11.7. The third kappa shape index (κ3) is 4.61. The van der Waals surface area contributed by atoms with Crippen LogP contribution in [-0.4, -0.2) is 5.91 Å². The molecule has 0 fully saturated rings. The van der Waals surface area contributed by atoms with Gasteiger partial charge in [0.05, 0.1) is 0 Å². The van der Waals surface area contributed by atoms with Gasteiger partial charge in [0.1, 0.15) is 0 Å². The fraction of sp³-hybridized carbons (Fsp3) is 0.480. The molecular weight excluding hydrogens is 330 g/mol. The minimum atomic E-state index is -0.0102. The molecular formula is C25H35NO. The lowest BCUT2D eigenvalue weighted by Gasteiger charge is -2.29. The molecule has 0 bridgehead atoms. The number of carbonyl (C=O) groups excluding carboxylic acids is 1. The summed E-state index contributed by atoms with van der Waals surface area (Å²) in [4.78, 5) is 13.3. The summed E-state index contributed by atoms with van der Waals surface area (Å²) < 4.78 is 0. The van der Waals surface area contributed by atoms with E-state index in [2.05, 4.69) is 66.8 Å². The monoisotopic (exact) mass is 365 g/mol. The Morgan fingerprint density at radius 3 is 1.67 bits per heavy atom. The fourth-order valence-corrected chi connectivity index (χ4v) is 4.03. The summed E-state index contributed by atoms with van der Waals surface area (Å²) in [6.07, 6.45) is 0. The van der Waals surface area contributed by atoms with E-state index in [1.165, 1.54) is 22.3 Å². The van der Waals surface area contributed by atoms with Crippen molar-refractivity contribution in [3.8, 4) is 0 Å². The van der Waals surface area contributed by atoms with Crippen LogP contribution >= 0.6 is 0 Å². The highest BCUT2D eigenvalue weighted by atomic mass is 16.1. The first kappa shape index (κ1) is 21.2. The van der Waals surface area contributed by atoms with Gasteiger partial charge in [0.2, 0.25) is 0 Å². The van der Waals surface area contributed by atoms with E-state index < -0.39 is 0 Å². The molecule has 146 valence electrons. The summed E-state index contributed by atoms with van der Waals surface area (Å²) in [5, 5.41) is 3.10. The van der Waals surface area contributed by atoms with Crippen LogP contribution in [0.4, 0.5) is 5.69 Å². The van der Waals surface area contributed by atoms with Crippen molar-refractivity contribution in [3.05, 3.63) is 64.2 Å². The second kappa shape index (κ2) is 8.73. The Labute approximate surface area is 165 Å². The van der Waals surface area contributed by atoms with Crippen molar-refractivity contribution in [2.45, 2.75) is 79.1 Å². The maximum absolute atomic E-state index is 13.3. The molecule has 2 nitrogen and oxygen atoms in total. The summed E-state index contributed by atoms with van der Waals surface area (Å²) in [6.45, 7) is 17.9. The Kier molecular flexibility index (Phi) is 6.86. The van der Waals surface area contributed by atoms with E-state index in [0.29, 0.717) is 17.8 Å². The minimum Gasteiger partial charge on any atom is -0.322 e. The molecule has 2 heteroatoms. The number of rotatable bonds is 6. The third-order valence-electron chi connectivity index (χ3n) is 5.11. The van der Waals surface area contributed by atoms with Crippen molar-refractivity contribution in [2.24, 2.45) is 0 Å². The lowest BCUT2D eigenvalue weighted by atomic mass is 9.76. The second-order valence-electron chi connectivity index (χ2n) is 8.69. The Morgan fingerprint density at radius 2 is 1.22 bits per heavy atom. The molecule has 1 amide bonds. The predicted octanol–water partition coefficient (Wildman–Crippen LogP) is 7.43. The number of benzene rings is 2. The quantitative estimate of drug-likeness (QED) is 0.566. The Morgan fingerprint density at radius 1 is 0.704 bits per heavy atom. The Balaban J connectivity index is 2.74. The fourth-order valence-electron chi connectivity index (χ4n) is 4.03. The van der Waals surface area contributed by atoms with Gasteiger partial charge >= 0.3 is 0 Å². The maximum Gasteiger partial charge on any atom is 0.255 e. The molecule has 2 rings (SSSR count). The van der Waals surface area contributed by atoms with Gasteiger partial charge in [0, 0.05) is 11.3 Å². The smallest absolute Gasteiger partial charge is 0.255 e. The molecule has 0 unspecified atom stereocenters. The van der Waals surface area contributed by atoms with E-state index in [1.807, 2.05) is 30.3 Å². The predicted molar refractivity (Wildman–Crippen MR) is 117 cm³/mol. The molecule has 27 heavy (non-hydrogen) atoms. The molecule has 0 spiro atoms. The Bertz CT molecular complexity index is 786. The zero-order valence-corrected chi connectivity index (χ0v) is 18.2. The molecule has 0 aliphatic heterocycles. The molecule has 0 saturated carbocycles. The van der Waals surface area contributed by atoms with Crippen molar-refractivity contribution >= 4 is 11.6 Å². The van der Waals surface area contributed by atoms with E-state index >= 15 is 0 Å². The zero-order valence-electron chi connectivity index (χ0n) is 18.2. The number of nitrogens with one attached hydrogen (secondary N) is 1. The van der Waals surface area contributed by atoms with Crippen molar-refractivity contribution < 1.29 is 4.79 Å². The number of para-hydroxylation sites is 1. The van der Waals surface area contributed by atoms with E-state index in [1.54, 1.807) is 0 Å². The first-order valence-corrected chi connectivity index (χ1v) is 10.2. The standard InChI is InChI=1S/C25H35NO/c1-15(2)20-14-21(25(27)26-19-12-10-9-11-13-19)23(17(5)6)24(18(7)8)22(20)16(3)4/h9-18H,1-8H3,(H,26,27). The second-order valence-corrected chi connectivity index (χ2v) is 8.69. The van der Waals surface area contributed by atoms with Gasteiger partial charge in [-0.3, -0.25) is 4.79 Å². The molecule has 0 atom stereocenters. The number of carbonyl (C=O) groups is 1. The molecule has 0 heterocycles.